The summed E-state index contributed by atoms with van der Waals surface area (Å²) in [6, 6.07) is 6.54. The van der Waals surface area contributed by atoms with Crippen LogP contribution in [0.3, 0.4) is 0 Å². The van der Waals surface area contributed by atoms with Gasteiger partial charge in [-0.25, -0.2) is 0 Å². The highest BCUT2D eigenvalue weighted by molar-refractivity contribution is 9.09. The van der Waals surface area contributed by atoms with Gasteiger partial charge < -0.3 is 10.4 Å². The average molecular weight is 314 g/mol. The minimum absolute atomic E-state index is 0.0111. The fourth-order valence-electron chi connectivity index (χ4n) is 1.70. The van der Waals surface area contributed by atoms with E-state index in [1.807, 2.05) is 0 Å². The zero-order valence-corrected chi connectivity index (χ0v) is 12.6. The van der Waals surface area contributed by atoms with Crippen molar-refractivity contribution in [2.24, 2.45) is 5.41 Å². The van der Waals surface area contributed by atoms with E-state index in [0.717, 1.165) is 6.42 Å². The van der Waals surface area contributed by atoms with E-state index < -0.39 is 0 Å². The highest BCUT2D eigenvalue weighted by Crippen LogP contribution is 2.24. The Labute approximate surface area is 117 Å². The van der Waals surface area contributed by atoms with Crippen LogP contribution in [0, 0.1) is 5.41 Å². The number of nitrogens with one attached hydrogen (secondary N) is 1. The molecule has 1 aromatic rings. The second-order valence-electron chi connectivity index (χ2n) is 5.59. The number of carbonyl (C=O) groups excluding carboxylic acids is 1. The van der Waals surface area contributed by atoms with Gasteiger partial charge in [-0.15, -0.1) is 0 Å². The lowest BCUT2D eigenvalue weighted by Gasteiger charge is -2.22. The molecule has 0 aliphatic carbocycles. The first-order valence-electron chi connectivity index (χ1n) is 6.00. The predicted molar refractivity (Wildman–Crippen MR) is 77.2 cm³/mol. The van der Waals surface area contributed by atoms with E-state index in [2.05, 4.69) is 42.0 Å². The van der Waals surface area contributed by atoms with Crippen molar-refractivity contribution in [1.29, 1.82) is 0 Å². The Hall–Kier alpha value is -1.03. The molecule has 0 bridgehead atoms. The molecule has 0 fully saturated rings. The topological polar surface area (TPSA) is 49.3 Å². The Morgan fingerprint density at radius 3 is 2.56 bits per heavy atom. The van der Waals surface area contributed by atoms with Crippen LogP contribution in [0.15, 0.2) is 24.3 Å². The standard InChI is InChI=1S/C14H20BrNO2/c1-14(2,3)8-10(15)9-16-13(18)11-6-4-5-7-12(11)17/h4-7,10,17H,8-9H2,1-3H3,(H,16,18). The van der Waals surface area contributed by atoms with Crippen molar-refractivity contribution in [2.75, 3.05) is 6.54 Å². The van der Waals surface area contributed by atoms with Crippen LogP contribution in [0.4, 0.5) is 0 Å². The van der Waals surface area contributed by atoms with Gasteiger partial charge >= 0.3 is 0 Å². The first-order valence-corrected chi connectivity index (χ1v) is 6.91. The first kappa shape index (κ1) is 15.0. The van der Waals surface area contributed by atoms with Crippen LogP contribution in [0.1, 0.15) is 37.6 Å². The molecule has 0 saturated carbocycles. The monoisotopic (exact) mass is 313 g/mol. The third kappa shape index (κ3) is 5.08. The molecule has 0 aliphatic heterocycles. The summed E-state index contributed by atoms with van der Waals surface area (Å²) in [6.45, 7) is 7.02. The summed E-state index contributed by atoms with van der Waals surface area (Å²) in [7, 11) is 0. The Bertz CT molecular complexity index is 413. The van der Waals surface area contributed by atoms with Gasteiger partial charge in [-0.2, -0.15) is 0 Å². The van der Waals surface area contributed by atoms with Crippen molar-refractivity contribution in [1.82, 2.24) is 5.32 Å². The molecule has 1 unspecified atom stereocenters. The number of halogens is 1. The SMILES string of the molecule is CC(C)(C)CC(Br)CNC(=O)c1ccccc1O. The number of hydrogen-bond donors (Lipinski definition) is 2. The minimum atomic E-state index is -0.244. The largest absolute Gasteiger partial charge is 0.507 e. The van der Waals surface area contributed by atoms with Crippen molar-refractivity contribution in [2.45, 2.75) is 32.0 Å². The van der Waals surface area contributed by atoms with E-state index in [0.29, 0.717) is 12.1 Å². The van der Waals surface area contributed by atoms with E-state index in [4.69, 9.17) is 0 Å². The Kier molecular flexibility index (Phi) is 5.20. The fourth-order valence-corrected chi connectivity index (χ4v) is 2.83. The van der Waals surface area contributed by atoms with Gasteiger partial charge in [-0.3, -0.25) is 4.79 Å². The molecule has 1 aromatic carbocycles. The van der Waals surface area contributed by atoms with Crippen molar-refractivity contribution < 1.29 is 9.90 Å². The highest BCUT2D eigenvalue weighted by atomic mass is 79.9. The lowest BCUT2D eigenvalue weighted by molar-refractivity contribution is 0.0950. The average Bonchev–Trinajstić information content (AvgIpc) is 2.24. The van der Waals surface area contributed by atoms with Crippen molar-refractivity contribution in [3.63, 3.8) is 0 Å². The summed E-state index contributed by atoms with van der Waals surface area (Å²) in [4.78, 5) is 12.1. The van der Waals surface area contributed by atoms with Gasteiger partial charge in [-0.1, -0.05) is 48.8 Å². The molecule has 18 heavy (non-hydrogen) atoms. The van der Waals surface area contributed by atoms with Gasteiger partial charge in [0.15, 0.2) is 0 Å². The molecule has 0 heterocycles. The van der Waals surface area contributed by atoms with E-state index in [1.54, 1.807) is 18.2 Å². The van der Waals surface area contributed by atoms with Crippen LogP contribution in [-0.2, 0) is 0 Å². The molecule has 0 aromatic heterocycles. The highest BCUT2D eigenvalue weighted by Gasteiger charge is 2.18. The van der Waals surface area contributed by atoms with Crippen LogP contribution in [0.25, 0.3) is 0 Å². The third-order valence-corrected chi connectivity index (χ3v) is 3.11. The lowest BCUT2D eigenvalue weighted by Crippen LogP contribution is -2.31. The zero-order valence-electron chi connectivity index (χ0n) is 11.0. The smallest absolute Gasteiger partial charge is 0.255 e. The maximum Gasteiger partial charge on any atom is 0.255 e. The molecule has 1 atom stereocenters. The number of amides is 1. The number of aromatic hydroxyl groups is 1. The summed E-state index contributed by atoms with van der Waals surface area (Å²) >= 11 is 3.56. The number of benzene rings is 1. The molecule has 100 valence electrons. The van der Waals surface area contributed by atoms with Gasteiger partial charge in [0.1, 0.15) is 5.75 Å². The summed E-state index contributed by atoms with van der Waals surface area (Å²) in [5.74, 6) is -0.233. The van der Waals surface area contributed by atoms with Crippen molar-refractivity contribution >= 4 is 21.8 Å². The number of alkyl halides is 1. The fraction of sp³-hybridized carbons (Fsp3) is 0.500. The summed E-state index contributed by atoms with van der Waals surface area (Å²) < 4.78 is 0. The maximum atomic E-state index is 11.8. The maximum absolute atomic E-state index is 11.8. The molecule has 0 aliphatic rings. The molecule has 4 heteroatoms. The number of phenols is 1. The molecule has 0 spiro atoms. The normalized spacial score (nSPS) is 13.1. The quantitative estimate of drug-likeness (QED) is 0.838. The summed E-state index contributed by atoms with van der Waals surface area (Å²) in [6.07, 6.45) is 0.966. The molecular weight excluding hydrogens is 294 g/mol. The van der Waals surface area contributed by atoms with Crippen LogP contribution in [-0.4, -0.2) is 22.4 Å². The molecule has 2 N–H and O–H groups in total. The molecular formula is C14H20BrNO2. The van der Waals surface area contributed by atoms with Gasteiger partial charge in [0.05, 0.1) is 5.56 Å². The van der Waals surface area contributed by atoms with Gasteiger partial charge in [0.2, 0.25) is 0 Å². The zero-order chi connectivity index (χ0) is 13.8. The number of rotatable bonds is 4. The van der Waals surface area contributed by atoms with E-state index in [1.165, 1.54) is 6.07 Å². The van der Waals surface area contributed by atoms with Crippen LogP contribution in [0.2, 0.25) is 0 Å². The van der Waals surface area contributed by atoms with E-state index in [-0.39, 0.29) is 21.9 Å². The molecule has 1 rings (SSSR count). The van der Waals surface area contributed by atoms with Crippen molar-refractivity contribution in [3.8, 4) is 5.75 Å². The number of para-hydroxylation sites is 1. The van der Waals surface area contributed by atoms with Crippen LogP contribution < -0.4 is 5.32 Å². The Morgan fingerprint density at radius 2 is 2.00 bits per heavy atom. The van der Waals surface area contributed by atoms with Gasteiger partial charge in [-0.05, 0) is 24.0 Å². The van der Waals surface area contributed by atoms with Crippen LogP contribution >= 0.6 is 15.9 Å². The second-order valence-corrected chi connectivity index (χ2v) is 6.88. The first-order chi connectivity index (χ1) is 8.29. The number of phenolic OH excluding ortho intramolecular Hbond substituents is 1. The molecule has 1 amide bonds. The van der Waals surface area contributed by atoms with Gasteiger partial charge in [0, 0.05) is 11.4 Å². The number of carbonyl (C=O) groups is 1. The van der Waals surface area contributed by atoms with Gasteiger partial charge in [0.25, 0.3) is 5.91 Å². The third-order valence-electron chi connectivity index (χ3n) is 2.47. The second kappa shape index (κ2) is 6.23. The van der Waals surface area contributed by atoms with E-state index in [9.17, 15) is 9.90 Å². The van der Waals surface area contributed by atoms with E-state index >= 15 is 0 Å². The summed E-state index contributed by atoms with van der Waals surface area (Å²) in [5.41, 5.74) is 0.529. The Balaban J connectivity index is 2.50. The lowest BCUT2D eigenvalue weighted by atomic mass is 9.90. The number of hydrogen-bond acceptors (Lipinski definition) is 2. The predicted octanol–water partition coefficient (Wildman–Crippen LogP) is 3.32. The molecule has 0 saturated heterocycles. The minimum Gasteiger partial charge on any atom is -0.507 e. The molecule has 3 nitrogen and oxygen atoms in total. The van der Waals surface area contributed by atoms with Crippen molar-refractivity contribution in [3.05, 3.63) is 29.8 Å². The Morgan fingerprint density at radius 1 is 1.39 bits per heavy atom. The summed E-state index contributed by atoms with van der Waals surface area (Å²) in [5, 5.41) is 12.4. The molecule has 0 radical (unpaired) electrons. The van der Waals surface area contributed by atoms with Crippen LogP contribution in [0.5, 0.6) is 5.75 Å².